The van der Waals surface area contributed by atoms with Gasteiger partial charge in [-0.05, 0) is 12.8 Å². The van der Waals surface area contributed by atoms with Crippen molar-refractivity contribution in [2.24, 2.45) is 10.7 Å². The van der Waals surface area contributed by atoms with Gasteiger partial charge in [0.05, 0.1) is 12.5 Å². The fourth-order valence-electron chi connectivity index (χ4n) is 2.85. The maximum Gasteiger partial charge on any atom is 0.231 e. The maximum atomic E-state index is 6.15. The molecule has 1 unspecified atom stereocenters. The molecule has 0 radical (unpaired) electrons. The summed E-state index contributed by atoms with van der Waals surface area (Å²) in [5.74, 6) is 1.88. The van der Waals surface area contributed by atoms with Crippen LogP contribution in [0.3, 0.4) is 0 Å². The standard InChI is InChI=1S/C18H25N5O/c1-14(13-20-18(19)23-11-7-2-3-8-12-23)17-21-16(22-24-17)15-9-5-4-6-10-15/h4-6,9-10,14H,2-3,7-8,11-13H2,1H3,(H2,19,20). The molecule has 0 amide bonds. The molecule has 2 heterocycles. The molecule has 1 atom stereocenters. The van der Waals surface area contributed by atoms with Crippen LogP contribution in [0.5, 0.6) is 0 Å². The highest BCUT2D eigenvalue weighted by atomic mass is 16.5. The van der Waals surface area contributed by atoms with Gasteiger partial charge in [-0.3, -0.25) is 4.99 Å². The third-order valence-electron chi connectivity index (χ3n) is 4.35. The second kappa shape index (κ2) is 7.95. The van der Waals surface area contributed by atoms with Crippen molar-refractivity contribution in [3.05, 3.63) is 36.2 Å². The minimum Gasteiger partial charge on any atom is -0.370 e. The number of nitrogens with zero attached hydrogens (tertiary/aromatic N) is 4. The lowest BCUT2D eigenvalue weighted by Gasteiger charge is -2.21. The Labute approximate surface area is 142 Å². The molecule has 3 rings (SSSR count). The van der Waals surface area contributed by atoms with Gasteiger partial charge < -0.3 is 15.2 Å². The molecule has 1 aromatic carbocycles. The average molecular weight is 327 g/mol. The Kier molecular flexibility index (Phi) is 5.46. The molecule has 1 saturated heterocycles. The van der Waals surface area contributed by atoms with Crippen molar-refractivity contribution in [2.75, 3.05) is 19.6 Å². The van der Waals surface area contributed by atoms with E-state index >= 15 is 0 Å². The SMILES string of the molecule is CC(CN=C(N)N1CCCCCC1)c1nc(-c2ccccc2)no1. The summed E-state index contributed by atoms with van der Waals surface area (Å²) in [4.78, 5) is 11.2. The van der Waals surface area contributed by atoms with Crippen molar-refractivity contribution in [1.29, 1.82) is 0 Å². The number of benzene rings is 1. The molecule has 1 fully saturated rings. The van der Waals surface area contributed by atoms with E-state index in [0.29, 0.717) is 24.2 Å². The van der Waals surface area contributed by atoms with Crippen LogP contribution in [-0.2, 0) is 0 Å². The zero-order chi connectivity index (χ0) is 16.8. The van der Waals surface area contributed by atoms with Crippen molar-refractivity contribution in [3.63, 3.8) is 0 Å². The van der Waals surface area contributed by atoms with Gasteiger partial charge in [-0.25, -0.2) is 0 Å². The molecule has 2 aromatic rings. The Bertz CT molecular complexity index is 659. The van der Waals surface area contributed by atoms with Crippen molar-refractivity contribution < 1.29 is 4.52 Å². The van der Waals surface area contributed by atoms with Gasteiger partial charge in [0.25, 0.3) is 0 Å². The number of aliphatic imine (C=N–C) groups is 1. The van der Waals surface area contributed by atoms with E-state index in [2.05, 4.69) is 20.0 Å². The zero-order valence-corrected chi connectivity index (χ0v) is 14.2. The molecule has 0 spiro atoms. The largest absolute Gasteiger partial charge is 0.370 e. The number of hydrogen-bond donors (Lipinski definition) is 1. The molecule has 1 aliphatic rings. The third kappa shape index (κ3) is 4.13. The smallest absolute Gasteiger partial charge is 0.231 e. The Morgan fingerprint density at radius 1 is 1.21 bits per heavy atom. The fourth-order valence-corrected chi connectivity index (χ4v) is 2.85. The first kappa shape index (κ1) is 16.5. The highest BCUT2D eigenvalue weighted by Crippen LogP contribution is 2.19. The van der Waals surface area contributed by atoms with E-state index in [0.717, 1.165) is 18.7 Å². The fraction of sp³-hybridized carbons (Fsp3) is 0.500. The van der Waals surface area contributed by atoms with Gasteiger partial charge in [-0.1, -0.05) is 55.3 Å². The van der Waals surface area contributed by atoms with Crippen molar-refractivity contribution in [1.82, 2.24) is 15.0 Å². The van der Waals surface area contributed by atoms with Gasteiger partial charge in [0.15, 0.2) is 5.96 Å². The van der Waals surface area contributed by atoms with Crippen LogP contribution < -0.4 is 5.73 Å². The molecule has 1 aliphatic heterocycles. The number of aromatic nitrogens is 2. The van der Waals surface area contributed by atoms with E-state index in [1.165, 1.54) is 25.7 Å². The van der Waals surface area contributed by atoms with Gasteiger partial charge >= 0.3 is 0 Å². The Morgan fingerprint density at radius 2 is 1.92 bits per heavy atom. The quantitative estimate of drug-likeness (QED) is 0.689. The van der Waals surface area contributed by atoms with Crippen LogP contribution in [0.1, 0.15) is 44.4 Å². The first-order valence-electron chi connectivity index (χ1n) is 8.68. The topological polar surface area (TPSA) is 80.5 Å². The lowest BCUT2D eigenvalue weighted by Crippen LogP contribution is -2.38. The molecule has 0 aliphatic carbocycles. The zero-order valence-electron chi connectivity index (χ0n) is 14.2. The Balaban J connectivity index is 1.61. The number of guanidine groups is 1. The summed E-state index contributed by atoms with van der Waals surface area (Å²) in [6.07, 6.45) is 4.95. The van der Waals surface area contributed by atoms with Crippen LogP contribution in [0.25, 0.3) is 11.4 Å². The molecule has 6 nitrogen and oxygen atoms in total. The first-order valence-corrected chi connectivity index (χ1v) is 8.68. The molecular formula is C18H25N5O. The molecule has 128 valence electrons. The second-order valence-electron chi connectivity index (χ2n) is 6.32. The van der Waals surface area contributed by atoms with Crippen LogP contribution in [-0.4, -0.2) is 40.6 Å². The summed E-state index contributed by atoms with van der Waals surface area (Å²) in [7, 11) is 0. The van der Waals surface area contributed by atoms with Crippen LogP contribution in [0, 0.1) is 0 Å². The van der Waals surface area contributed by atoms with Gasteiger partial charge in [0.2, 0.25) is 11.7 Å². The van der Waals surface area contributed by atoms with E-state index in [9.17, 15) is 0 Å². The summed E-state index contributed by atoms with van der Waals surface area (Å²) in [5.41, 5.74) is 7.10. The first-order chi connectivity index (χ1) is 11.7. The monoisotopic (exact) mass is 327 g/mol. The summed E-state index contributed by atoms with van der Waals surface area (Å²) in [5, 5.41) is 4.06. The lowest BCUT2D eigenvalue weighted by atomic mass is 10.2. The van der Waals surface area contributed by atoms with E-state index < -0.39 is 0 Å². The molecule has 1 aromatic heterocycles. The molecule has 0 bridgehead atoms. The summed E-state index contributed by atoms with van der Waals surface area (Å²) >= 11 is 0. The minimum atomic E-state index is 0.0421. The number of hydrogen-bond acceptors (Lipinski definition) is 4. The molecule has 0 saturated carbocycles. The van der Waals surface area contributed by atoms with E-state index in [4.69, 9.17) is 10.3 Å². The van der Waals surface area contributed by atoms with Gasteiger partial charge in [-0.15, -0.1) is 0 Å². The highest BCUT2D eigenvalue weighted by molar-refractivity contribution is 5.78. The summed E-state index contributed by atoms with van der Waals surface area (Å²) < 4.78 is 5.39. The average Bonchev–Trinajstić information content (AvgIpc) is 2.96. The lowest BCUT2D eigenvalue weighted by molar-refractivity contribution is 0.360. The Hall–Kier alpha value is -2.37. The number of likely N-dealkylation sites (tertiary alicyclic amines) is 1. The van der Waals surface area contributed by atoms with Crippen molar-refractivity contribution >= 4 is 5.96 Å². The predicted octanol–water partition coefficient (Wildman–Crippen LogP) is 3.03. The predicted molar refractivity (Wildman–Crippen MR) is 94.7 cm³/mol. The van der Waals surface area contributed by atoms with Crippen LogP contribution in [0.15, 0.2) is 39.8 Å². The van der Waals surface area contributed by atoms with Crippen LogP contribution in [0.4, 0.5) is 0 Å². The van der Waals surface area contributed by atoms with Gasteiger partial charge in [0.1, 0.15) is 0 Å². The van der Waals surface area contributed by atoms with Gasteiger partial charge in [0, 0.05) is 18.7 Å². The Morgan fingerprint density at radius 3 is 2.62 bits per heavy atom. The van der Waals surface area contributed by atoms with E-state index in [1.807, 2.05) is 37.3 Å². The number of rotatable bonds is 4. The second-order valence-corrected chi connectivity index (χ2v) is 6.32. The van der Waals surface area contributed by atoms with Gasteiger partial charge in [-0.2, -0.15) is 4.98 Å². The van der Waals surface area contributed by atoms with Crippen molar-refractivity contribution in [3.8, 4) is 11.4 Å². The van der Waals surface area contributed by atoms with Crippen LogP contribution >= 0.6 is 0 Å². The van der Waals surface area contributed by atoms with Crippen LogP contribution in [0.2, 0.25) is 0 Å². The molecule has 2 N–H and O–H groups in total. The van der Waals surface area contributed by atoms with E-state index in [-0.39, 0.29) is 5.92 Å². The van der Waals surface area contributed by atoms with E-state index in [1.54, 1.807) is 0 Å². The number of nitrogens with two attached hydrogens (primary N) is 1. The molecule has 24 heavy (non-hydrogen) atoms. The third-order valence-corrected chi connectivity index (χ3v) is 4.35. The molecule has 6 heteroatoms. The minimum absolute atomic E-state index is 0.0421. The molecular weight excluding hydrogens is 302 g/mol. The summed E-state index contributed by atoms with van der Waals surface area (Å²) in [6, 6.07) is 9.82. The maximum absolute atomic E-state index is 6.15. The normalized spacial score (nSPS) is 17.5. The highest BCUT2D eigenvalue weighted by Gasteiger charge is 2.16. The van der Waals surface area contributed by atoms with Crippen molar-refractivity contribution in [2.45, 2.75) is 38.5 Å². The summed E-state index contributed by atoms with van der Waals surface area (Å²) in [6.45, 7) is 4.59.